The van der Waals surface area contributed by atoms with Crippen molar-refractivity contribution in [1.82, 2.24) is 5.32 Å². The lowest BCUT2D eigenvalue weighted by molar-refractivity contribution is -0.120. The second kappa shape index (κ2) is 8.73. The maximum atomic E-state index is 14.2. The molecule has 1 aliphatic heterocycles. The van der Waals surface area contributed by atoms with Gasteiger partial charge in [0.05, 0.1) is 30.5 Å². The molecule has 0 saturated carbocycles. The number of hydrogen-bond donors (Lipinski definition) is 1. The van der Waals surface area contributed by atoms with Gasteiger partial charge in [0.15, 0.2) is 5.76 Å². The minimum atomic E-state index is -0.890. The maximum absolute atomic E-state index is 14.2. The SMILES string of the molecule is CCOC1=C(C(=O)NC(C)c2cccc(Br)c2)CN(c2ccc(F)cc2F)C1=O. The van der Waals surface area contributed by atoms with E-state index in [0.717, 1.165) is 27.1 Å². The normalized spacial score (nSPS) is 14.9. The molecule has 0 saturated heterocycles. The fraction of sp³-hybridized carbons (Fsp3) is 0.238. The molecule has 0 fully saturated rings. The molecule has 2 aromatic rings. The van der Waals surface area contributed by atoms with Gasteiger partial charge in [-0.2, -0.15) is 0 Å². The number of nitrogens with zero attached hydrogens (tertiary/aromatic N) is 1. The van der Waals surface area contributed by atoms with Crippen molar-refractivity contribution in [2.75, 3.05) is 18.1 Å². The van der Waals surface area contributed by atoms with Crippen molar-refractivity contribution >= 4 is 33.4 Å². The number of hydrogen-bond acceptors (Lipinski definition) is 3. The van der Waals surface area contributed by atoms with Gasteiger partial charge in [0.25, 0.3) is 11.8 Å². The summed E-state index contributed by atoms with van der Waals surface area (Å²) in [5.41, 5.74) is 0.857. The van der Waals surface area contributed by atoms with Gasteiger partial charge in [-0.1, -0.05) is 28.1 Å². The van der Waals surface area contributed by atoms with Gasteiger partial charge in [-0.3, -0.25) is 14.5 Å². The molecule has 2 amide bonds. The molecule has 29 heavy (non-hydrogen) atoms. The number of rotatable bonds is 6. The predicted octanol–water partition coefficient (Wildman–Crippen LogP) is 4.24. The van der Waals surface area contributed by atoms with Crippen LogP contribution in [0.5, 0.6) is 0 Å². The maximum Gasteiger partial charge on any atom is 0.294 e. The standard InChI is InChI=1S/C21H19BrF2N2O3/c1-3-29-19-16(20(27)25-12(2)13-5-4-6-14(22)9-13)11-26(21(19)28)18-8-7-15(23)10-17(18)24/h4-10,12H,3,11H2,1-2H3,(H,25,27). The van der Waals surface area contributed by atoms with Crippen molar-refractivity contribution in [3.63, 3.8) is 0 Å². The highest BCUT2D eigenvalue weighted by molar-refractivity contribution is 9.10. The molecule has 8 heteroatoms. The van der Waals surface area contributed by atoms with Gasteiger partial charge >= 0.3 is 0 Å². The van der Waals surface area contributed by atoms with Crippen LogP contribution in [-0.2, 0) is 14.3 Å². The Morgan fingerprint density at radius 2 is 2.03 bits per heavy atom. The summed E-state index contributed by atoms with van der Waals surface area (Å²) in [6.45, 7) is 3.49. The van der Waals surface area contributed by atoms with E-state index in [1.54, 1.807) is 6.92 Å². The van der Waals surface area contributed by atoms with Gasteiger partial charge in [0, 0.05) is 10.5 Å². The molecule has 5 nitrogen and oxygen atoms in total. The Morgan fingerprint density at radius 3 is 2.69 bits per heavy atom. The molecule has 0 aromatic heterocycles. The largest absolute Gasteiger partial charge is 0.488 e. The summed E-state index contributed by atoms with van der Waals surface area (Å²) in [4.78, 5) is 26.7. The summed E-state index contributed by atoms with van der Waals surface area (Å²) >= 11 is 3.39. The van der Waals surface area contributed by atoms with Crippen LogP contribution in [0.1, 0.15) is 25.5 Å². The van der Waals surface area contributed by atoms with Crippen LogP contribution in [0, 0.1) is 11.6 Å². The zero-order valence-corrected chi connectivity index (χ0v) is 17.4. The first-order valence-electron chi connectivity index (χ1n) is 9.01. The van der Waals surface area contributed by atoms with Gasteiger partial charge in [-0.05, 0) is 43.7 Å². The number of carbonyl (C=O) groups excluding carboxylic acids is 2. The zero-order valence-electron chi connectivity index (χ0n) is 15.8. The van der Waals surface area contributed by atoms with Gasteiger partial charge < -0.3 is 10.1 Å². The van der Waals surface area contributed by atoms with Crippen molar-refractivity contribution < 1.29 is 23.1 Å². The number of halogens is 3. The number of anilines is 1. The third-order valence-corrected chi connectivity index (χ3v) is 4.98. The van der Waals surface area contributed by atoms with Crippen molar-refractivity contribution in [2.24, 2.45) is 0 Å². The van der Waals surface area contributed by atoms with Crippen LogP contribution >= 0.6 is 15.9 Å². The fourth-order valence-corrected chi connectivity index (χ4v) is 3.48. The van der Waals surface area contributed by atoms with E-state index in [9.17, 15) is 18.4 Å². The lowest BCUT2D eigenvalue weighted by Gasteiger charge is -2.18. The molecule has 0 radical (unpaired) electrons. The monoisotopic (exact) mass is 464 g/mol. The Kier molecular flexibility index (Phi) is 6.32. The van der Waals surface area contributed by atoms with Gasteiger partial charge in [-0.25, -0.2) is 8.78 Å². The van der Waals surface area contributed by atoms with Crippen molar-refractivity contribution in [3.8, 4) is 0 Å². The Hall–Kier alpha value is -2.74. The summed E-state index contributed by atoms with van der Waals surface area (Å²) in [7, 11) is 0. The highest BCUT2D eigenvalue weighted by atomic mass is 79.9. The molecule has 1 aliphatic rings. The summed E-state index contributed by atoms with van der Waals surface area (Å²) in [6, 6.07) is 10.1. The minimum absolute atomic E-state index is 0.0995. The van der Waals surface area contributed by atoms with Crippen LogP contribution in [0.3, 0.4) is 0 Å². The summed E-state index contributed by atoms with van der Waals surface area (Å²) in [5.74, 6) is -2.90. The summed E-state index contributed by atoms with van der Waals surface area (Å²) in [5, 5.41) is 2.84. The van der Waals surface area contributed by atoms with Crippen LogP contribution in [0.2, 0.25) is 0 Å². The second-order valence-corrected chi connectivity index (χ2v) is 7.39. The topological polar surface area (TPSA) is 58.6 Å². The molecule has 152 valence electrons. The summed E-state index contributed by atoms with van der Waals surface area (Å²) in [6.07, 6.45) is 0. The molecule has 3 rings (SSSR count). The zero-order chi connectivity index (χ0) is 21.1. The van der Waals surface area contributed by atoms with Crippen LogP contribution in [0.25, 0.3) is 0 Å². The van der Waals surface area contributed by atoms with Crippen LogP contribution in [-0.4, -0.2) is 25.0 Å². The van der Waals surface area contributed by atoms with Crippen molar-refractivity contribution in [3.05, 3.63) is 75.5 Å². The number of nitrogens with one attached hydrogen (secondary N) is 1. The highest BCUT2D eigenvalue weighted by Gasteiger charge is 2.37. The summed E-state index contributed by atoms with van der Waals surface area (Å²) < 4.78 is 33.7. The van der Waals surface area contributed by atoms with E-state index < -0.39 is 23.4 Å². The predicted molar refractivity (Wildman–Crippen MR) is 108 cm³/mol. The molecule has 0 bridgehead atoms. The number of ether oxygens (including phenoxy) is 1. The van der Waals surface area contributed by atoms with Crippen LogP contribution < -0.4 is 10.2 Å². The Bertz CT molecular complexity index is 994. The molecular formula is C21H19BrF2N2O3. The van der Waals surface area contributed by atoms with Gasteiger partial charge in [0.1, 0.15) is 11.6 Å². The van der Waals surface area contributed by atoms with Gasteiger partial charge in [-0.15, -0.1) is 0 Å². The lowest BCUT2D eigenvalue weighted by atomic mass is 10.1. The van der Waals surface area contributed by atoms with E-state index in [-0.39, 0.29) is 36.2 Å². The molecule has 1 unspecified atom stereocenters. The first kappa shape index (κ1) is 21.0. The second-order valence-electron chi connectivity index (χ2n) is 6.48. The third kappa shape index (κ3) is 4.48. The van der Waals surface area contributed by atoms with E-state index in [1.807, 2.05) is 31.2 Å². The van der Waals surface area contributed by atoms with E-state index in [4.69, 9.17) is 4.74 Å². The third-order valence-electron chi connectivity index (χ3n) is 4.49. The van der Waals surface area contributed by atoms with E-state index in [1.165, 1.54) is 0 Å². The molecule has 0 spiro atoms. The van der Waals surface area contributed by atoms with Gasteiger partial charge in [0.2, 0.25) is 0 Å². The first-order chi connectivity index (χ1) is 13.8. The highest BCUT2D eigenvalue weighted by Crippen LogP contribution is 2.29. The van der Waals surface area contributed by atoms with E-state index in [0.29, 0.717) is 6.07 Å². The molecule has 1 N–H and O–H groups in total. The minimum Gasteiger partial charge on any atom is -0.488 e. The first-order valence-corrected chi connectivity index (χ1v) is 9.80. The quantitative estimate of drug-likeness (QED) is 0.695. The van der Waals surface area contributed by atoms with Crippen molar-refractivity contribution in [1.29, 1.82) is 0 Å². The number of carbonyl (C=O) groups is 2. The lowest BCUT2D eigenvalue weighted by Crippen LogP contribution is -2.32. The number of benzene rings is 2. The molecule has 0 aliphatic carbocycles. The molecule has 2 aromatic carbocycles. The van der Waals surface area contributed by atoms with E-state index >= 15 is 0 Å². The molecular weight excluding hydrogens is 446 g/mol. The van der Waals surface area contributed by atoms with E-state index in [2.05, 4.69) is 21.2 Å². The number of amides is 2. The van der Waals surface area contributed by atoms with Crippen molar-refractivity contribution in [2.45, 2.75) is 19.9 Å². The Morgan fingerprint density at radius 1 is 1.28 bits per heavy atom. The fourth-order valence-electron chi connectivity index (χ4n) is 3.06. The molecule has 1 atom stereocenters. The average Bonchev–Trinajstić information content (AvgIpc) is 2.99. The van der Waals surface area contributed by atoms with Crippen LogP contribution in [0.15, 0.2) is 58.3 Å². The Balaban J connectivity index is 1.85. The smallest absolute Gasteiger partial charge is 0.294 e. The Labute approximate surface area is 175 Å². The van der Waals surface area contributed by atoms with Crippen LogP contribution in [0.4, 0.5) is 14.5 Å². The average molecular weight is 465 g/mol. The molecule has 1 heterocycles.